The van der Waals surface area contributed by atoms with Gasteiger partial charge in [-0.3, -0.25) is 0 Å². The lowest BCUT2D eigenvalue weighted by molar-refractivity contribution is -0.144. The third-order valence-corrected chi connectivity index (χ3v) is 4.80. The topological polar surface area (TPSA) is 70.1 Å². The summed E-state index contributed by atoms with van der Waals surface area (Å²) in [4.78, 5) is 27.5. The highest BCUT2D eigenvalue weighted by molar-refractivity contribution is 5.83. The molecule has 0 bridgehead atoms. The van der Waals surface area contributed by atoms with E-state index in [1.165, 1.54) is 0 Å². The molecular formula is C15H26N2O4. The average Bonchev–Trinajstić information content (AvgIpc) is 2.53. The van der Waals surface area contributed by atoms with Crippen LogP contribution in [0.15, 0.2) is 0 Å². The van der Waals surface area contributed by atoms with Gasteiger partial charge in [-0.25, -0.2) is 9.59 Å². The Morgan fingerprint density at radius 2 is 2.05 bits per heavy atom. The lowest BCUT2D eigenvalue weighted by Gasteiger charge is -2.41. The number of hydrogen-bond acceptors (Lipinski definition) is 3. The number of urea groups is 1. The highest BCUT2D eigenvalue weighted by Gasteiger charge is 2.38. The standard InChI is InChI=1S/C15H26N2O4/c1-3-11-6-8-17(13(9-11)14(18)19)15(20)16-7-4-5-12(10-16)21-2/h11-13H,3-10H2,1-2H3,(H,18,19). The van der Waals surface area contributed by atoms with E-state index < -0.39 is 12.0 Å². The van der Waals surface area contributed by atoms with Crippen LogP contribution in [0.5, 0.6) is 0 Å². The van der Waals surface area contributed by atoms with Crippen LogP contribution < -0.4 is 0 Å². The molecule has 0 aromatic carbocycles. The summed E-state index contributed by atoms with van der Waals surface area (Å²) in [5, 5.41) is 9.43. The maximum absolute atomic E-state index is 12.7. The number of carboxylic acid groups (broad SMARTS) is 1. The van der Waals surface area contributed by atoms with Gasteiger partial charge in [0.25, 0.3) is 0 Å². The molecule has 1 N–H and O–H groups in total. The first kappa shape index (κ1) is 16.1. The third kappa shape index (κ3) is 3.67. The van der Waals surface area contributed by atoms with E-state index in [2.05, 4.69) is 6.92 Å². The van der Waals surface area contributed by atoms with Gasteiger partial charge in [-0.15, -0.1) is 0 Å². The number of carboxylic acids is 1. The van der Waals surface area contributed by atoms with Crippen LogP contribution in [0.4, 0.5) is 4.79 Å². The SMILES string of the molecule is CCC1CCN(C(=O)N2CCCC(OC)C2)C(C(=O)O)C1. The normalized spacial score (nSPS) is 30.3. The molecule has 2 amide bonds. The second-order valence-electron chi connectivity index (χ2n) is 6.07. The Morgan fingerprint density at radius 3 is 2.67 bits per heavy atom. The summed E-state index contributed by atoms with van der Waals surface area (Å²) >= 11 is 0. The van der Waals surface area contributed by atoms with Crippen LogP contribution in [0, 0.1) is 5.92 Å². The van der Waals surface area contributed by atoms with Crippen LogP contribution >= 0.6 is 0 Å². The minimum Gasteiger partial charge on any atom is -0.480 e. The first-order chi connectivity index (χ1) is 10.1. The molecule has 3 unspecified atom stereocenters. The van der Waals surface area contributed by atoms with Crippen molar-refractivity contribution in [3.8, 4) is 0 Å². The van der Waals surface area contributed by atoms with Gasteiger partial charge >= 0.3 is 12.0 Å². The van der Waals surface area contributed by atoms with Gasteiger partial charge in [0, 0.05) is 26.7 Å². The van der Waals surface area contributed by atoms with Crippen LogP contribution in [-0.4, -0.2) is 65.8 Å². The van der Waals surface area contributed by atoms with E-state index in [1.54, 1.807) is 16.9 Å². The number of amides is 2. The minimum absolute atomic E-state index is 0.0687. The van der Waals surface area contributed by atoms with Gasteiger partial charge < -0.3 is 19.6 Å². The van der Waals surface area contributed by atoms with Gasteiger partial charge in [0.2, 0.25) is 0 Å². The first-order valence-corrected chi connectivity index (χ1v) is 7.88. The molecule has 2 heterocycles. The van der Waals surface area contributed by atoms with Gasteiger partial charge in [-0.1, -0.05) is 13.3 Å². The second kappa shape index (κ2) is 7.11. The molecule has 2 fully saturated rings. The van der Waals surface area contributed by atoms with Crippen LogP contribution in [0.25, 0.3) is 0 Å². The van der Waals surface area contributed by atoms with Crippen molar-refractivity contribution in [3.63, 3.8) is 0 Å². The molecule has 0 aliphatic carbocycles. The highest BCUT2D eigenvalue weighted by atomic mass is 16.5. The van der Waals surface area contributed by atoms with Crippen molar-refractivity contribution in [1.82, 2.24) is 9.80 Å². The Balaban J connectivity index is 2.04. The summed E-state index contributed by atoms with van der Waals surface area (Å²) in [7, 11) is 1.66. The Kier molecular flexibility index (Phi) is 5.45. The number of piperidine rings is 2. The zero-order chi connectivity index (χ0) is 15.4. The number of likely N-dealkylation sites (tertiary alicyclic amines) is 2. The Morgan fingerprint density at radius 1 is 1.29 bits per heavy atom. The fourth-order valence-corrected chi connectivity index (χ4v) is 3.36. The predicted molar refractivity (Wildman–Crippen MR) is 78.1 cm³/mol. The van der Waals surface area contributed by atoms with Crippen molar-refractivity contribution in [3.05, 3.63) is 0 Å². The van der Waals surface area contributed by atoms with E-state index in [9.17, 15) is 14.7 Å². The number of aliphatic carboxylic acids is 1. The molecule has 120 valence electrons. The summed E-state index contributed by atoms with van der Waals surface area (Å²) in [5.74, 6) is -0.481. The maximum Gasteiger partial charge on any atom is 0.326 e. The summed E-state index contributed by atoms with van der Waals surface area (Å²) in [6.07, 6.45) is 4.38. The number of carbonyl (C=O) groups excluding carboxylic acids is 1. The molecule has 2 saturated heterocycles. The number of methoxy groups -OCH3 is 1. The lowest BCUT2D eigenvalue weighted by Crippen LogP contribution is -2.56. The molecule has 21 heavy (non-hydrogen) atoms. The second-order valence-corrected chi connectivity index (χ2v) is 6.07. The largest absolute Gasteiger partial charge is 0.480 e. The molecular weight excluding hydrogens is 272 g/mol. The van der Waals surface area contributed by atoms with Crippen LogP contribution in [0.1, 0.15) is 39.0 Å². The average molecular weight is 298 g/mol. The summed E-state index contributed by atoms with van der Waals surface area (Å²) in [6.45, 7) is 3.88. The molecule has 3 atom stereocenters. The number of hydrogen-bond donors (Lipinski definition) is 1. The molecule has 0 aromatic rings. The van der Waals surface area contributed by atoms with E-state index in [1.807, 2.05) is 0 Å². The summed E-state index contributed by atoms with van der Waals surface area (Å²) in [5.41, 5.74) is 0. The van der Waals surface area contributed by atoms with Crippen molar-refractivity contribution in [2.45, 2.75) is 51.2 Å². The number of rotatable bonds is 3. The first-order valence-electron chi connectivity index (χ1n) is 7.88. The Labute approximate surface area is 126 Å². The smallest absolute Gasteiger partial charge is 0.326 e. The molecule has 2 aliphatic heterocycles. The van der Waals surface area contributed by atoms with Crippen LogP contribution in [-0.2, 0) is 9.53 Å². The van der Waals surface area contributed by atoms with Gasteiger partial charge in [0.05, 0.1) is 6.10 Å². The fraction of sp³-hybridized carbons (Fsp3) is 0.867. The fourth-order valence-electron chi connectivity index (χ4n) is 3.36. The predicted octanol–water partition coefficient (Wildman–Crippen LogP) is 1.79. The lowest BCUT2D eigenvalue weighted by atomic mass is 9.89. The molecule has 2 aliphatic rings. The zero-order valence-electron chi connectivity index (χ0n) is 13.0. The molecule has 0 radical (unpaired) electrons. The Hall–Kier alpha value is -1.30. The molecule has 0 spiro atoms. The molecule has 2 rings (SSSR count). The Bertz CT molecular complexity index is 388. The number of carbonyl (C=O) groups is 2. The van der Waals surface area contributed by atoms with Crippen molar-refractivity contribution in [2.24, 2.45) is 5.92 Å². The van der Waals surface area contributed by atoms with Gasteiger partial charge in [0.1, 0.15) is 6.04 Å². The van der Waals surface area contributed by atoms with Crippen molar-refractivity contribution in [2.75, 3.05) is 26.7 Å². The van der Waals surface area contributed by atoms with Crippen molar-refractivity contribution in [1.29, 1.82) is 0 Å². The minimum atomic E-state index is -0.887. The van der Waals surface area contributed by atoms with Crippen LogP contribution in [0.2, 0.25) is 0 Å². The van der Waals surface area contributed by atoms with Gasteiger partial charge in [-0.05, 0) is 31.6 Å². The van der Waals surface area contributed by atoms with E-state index in [0.29, 0.717) is 32.0 Å². The van der Waals surface area contributed by atoms with E-state index >= 15 is 0 Å². The maximum atomic E-state index is 12.7. The quantitative estimate of drug-likeness (QED) is 0.862. The van der Waals surface area contributed by atoms with Gasteiger partial charge in [-0.2, -0.15) is 0 Å². The zero-order valence-corrected chi connectivity index (χ0v) is 13.0. The van der Waals surface area contributed by atoms with E-state index in [0.717, 1.165) is 25.7 Å². The van der Waals surface area contributed by atoms with E-state index in [-0.39, 0.29) is 12.1 Å². The number of nitrogens with zero attached hydrogens (tertiary/aromatic N) is 2. The third-order valence-electron chi connectivity index (χ3n) is 4.80. The van der Waals surface area contributed by atoms with Gasteiger partial charge in [0.15, 0.2) is 0 Å². The monoisotopic (exact) mass is 298 g/mol. The molecule has 0 aromatic heterocycles. The highest BCUT2D eigenvalue weighted by Crippen LogP contribution is 2.27. The summed E-state index contributed by atoms with van der Waals surface area (Å²) in [6, 6.07) is -0.821. The summed E-state index contributed by atoms with van der Waals surface area (Å²) < 4.78 is 5.34. The molecule has 6 heteroatoms. The van der Waals surface area contributed by atoms with E-state index in [4.69, 9.17) is 4.74 Å². The molecule has 6 nitrogen and oxygen atoms in total. The van der Waals surface area contributed by atoms with Crippen molar-refractivity contribution < 1.29 is 19.4 Å². The van der Waals surface area contributed by atoms with Crippen molar-refractivity contribution >= 4 is 12.0 Å². The van der Waals surface area contributed by atoms with Crippen LogP contribution in [0.3, 0.4) is 0 Å². The number of ether oxygens (including phenoxy) is 1. The molecule has 0 saturated carbocycles.